The van der Waals surface area contributed by atoms with Crippen LogP contribution < -0.4 is 0 Å². The molecule has 262 valence electrons. The second kappa shape index (κ2) is 13.4. The maximum absolute atomic E-state index is 5.33. The number of aromatic nitrogens is 5. The quantitative estimate of drug-likeness (QED) is 0.169. The predicted molar refractivity (Wildman–Crippen MR) is 234 cm³/mol. The Balaban J connectivity index is 1.20. The summed E-state index contributed by atoms with van der Waals surface area (Å²) in [6.07, 6.45) is 0. The van der Waals surface area contributed by atoms with E-state index >= 15 is 0 Å². The number of hydrogen-bond donors (Lipinski definition) is 0. The van der Waals surface area contributed by atoms with E-state index in [9.17, 15) is 0 Å². The van der Waals surface area contributed by atoms with Gasteiger partial charge < -0.3 is 0 Å². The van der Waals surface area contributed by atoms with Crippen LogP contribution in [-0.2, 0) is 0 Å². The van der Waals surface area contributed by atoms with Crippen molar-refractivity contribution in [1.82, 2.24) is 24.9 Å². The SMILES string of the molecule is c1ccc(-c2nc(-c3ccccc3)nc(-c3cc(-c4nc(-c5ccccc5)c5sc6ccccc6c5n4)ccc3-c3cccc4c3sc3ccccc34)n2)cc1. The first-order chi connectivity index (χ1) is 27.7. The molecule has 11 aromatic rings. The van der Waals surface area contributed by atoms with E-state index in [1.165, 1.54) is 24.9 Å². The average molecular weight is 752 g/mol. The molecule has 0 aliphatic heterocycles. The van der Waals surface area contributed by atoms with Gasteiger partial charge in [-0.15, -0.1) is 22.7 Å². The smallest absolute Gasteiger partial charge is 0.164 e. The Morgan fingerprint density at radius 3 is 1.54 bits per heavy atom. The lowest BCUT2D eigenvalue weighted by Crippen LogP contribution is -2.02. The van der Waals surface area contributed by atoms with E-state index in [1.54, 1.807) is 11.3 Å². The number of thiophene rings is 2. The minimum Gasteiger partial charge on any atom is -0.226 e. The molecule has 0 spiro atoms. The third kappa shape index (κ3) is 5.56. The van der Waals surface area contributed by atoms with Gasteiger partial charge >= 0.3 is 0 Å². The molecule has 0 N–H and O–H groups in total. The predicted octanol–water partition coefficient (Wildman–Crippen LogP) is 13.4. The second-order valence-corrected chi connectivity index (χ2v) is 15.7. The van der Waals surface area contributed by atoms with Gasteiger partial charge in [-0.2, -0.15) is 0 Å². The number of hydrogen-bond acceptors (Lipinski definition) is 7. The Morgan fingerprint density at radius 1 is 0.304 bits per heavy atom. The van der Waals surface area contributed by atoms with Gasteiger partial charge in [-0.25, -0.2) is 24.9 Å². The molecule has 0 fully saturated rings. The zero-order chi connectivity index (χ0) is 37.0. The average Bonchev–Trinajstić information content (AvgIpc) is 3.85. The van der Waals surface area contributed by atoms with Gasteiger partial charge in [-0.1, -0.05) is 158 Å². The van der Waals surface area contributed by atoms with Crippen molar-refractivity contribution >= 4 is 63.1 Å². The van der Waals surface area contributed by atoms with Crippen molar-refractivity contribution in [2.24, 2.45) is 0 Å². The molecule has 0 aliphatic carbocycles. The van der Waals surface area contributed by atoms with Gasteiger partial charge in [0.1, 0.15) is 0 Å². The maximum Gasteiger partial charge on any atom is 0.164 e. The van der Waals surface area contributed by atoms with E-state index in [0.29, 0.717) is 23.3 Å². The number of rotatable bonds is 6. The Bertz CT molecular complexity index is 3190. The molecule has 4 heterocycles. The molecule has 7 heteroatoms. The first-order valence-corrected chi connectivity index (χ1v) is 20.1. The minimum atomic E-state index is 0.581. The third-order valence-corrected chi connectivity index (χ3v) is 12.6. The summed E-state index contributed by atoms with van der Waals surface area (Å²) in [5.74, 6) is 2.45. The van der Waals surface area contributed by atoms with Crippen LogP contribution in [0, 0.1) is 0 Å². The first kappa shape index (κ1) is 32.5. The van der Waals surface area contributed by atoms with Gasteiger partial charge in [0.25, 0.3) is 0 Å². The van der Waals surface area contributed by atoms with E-state index in [0.717, 1.165) is 60.2 Å². The normalized spacial score (nSPS) is 11.6. The molecule has 0 aliphatic rings. The van der Waals surface area contributed by atoms with Crippen molar-refractivity contribution in [3.05, 3.63) is 176 Å². The third-order valence-electron chi connectivity index (χ3n) is 10.2. The Labute approximate surface area is 330 Å². The van der Waals surface area contributed by atoms with E-state index in [-0.39, 0.29) is 0 Å². The number of fused-ring (bicyclic) bond motifs is 6. The highest BCUT2D eigenvalue weighted by Crippen LogP contribution is 2.44. The van der Waals surface area contributed by atoms with Gasteiger partial charge in [0.15, 0.2) is 23.3 Å². The highest BCUT2D eigenvalue weighted by atomic mass is 32.1. The molecule has 0 radical (unpaired) electrons. The zero-order valence-corrected chi connectivity index (χ0v) is 31.4. The monoisotopic (exact) mass is 751 g/mol. The minimum absolute atomic E-state index is 0.581. The van der Waals surface area contributed by atoms with Crippen molar-refractivity contribution in [3.8, 4) is 67.9 Å². The fourth-order valence-electron chi connectivity index (χ4n) is 7.50. The van der Waals surface area contributed by atoms with Crippen LogP contribution in [0.1, 0.15) is 0 Å². The zero-order valence-electron chi connectivity index (χ0n) is 29.8. The molecule has 4 aromatic heterocycles. The fourth-order valence-corrected chi connectivity index (χ4v) is 9.89. The summed E-state index contributed by atoms with van der Waals surface area (Å²) >= 11 is 3.55. The molecule has 11 rings (SSSR count). The van der Waals surface area contributed by atoms with Crippen molar-refractivity contribution < 1.29 is 0 Å². The van der Waals surface area contributed by atoms with Crippen LogP contribution in [-0.4, -0.2) is 24.9 Å². The summed E-state index contributed by atoms with van der Waals surface area (Å²) in [6.45, 7) is 0. The van der Waals surface area contributed by atoms with Crippen molar-refractivity contribution in [2.45, 2.75) is 0 Å². The lowest BCUT2D eigenvalue weighted by atomic mass is 9.95. The fraction of sp³-hybridized carbons (Fsp3) is 0. The van der Waals surface area contributed by atoms with E-state index in [1.807, 2.05) is 78.1 Å². The molecular weight excluding hydrogens is 723 g/mol. The largest absolute Gasteiger partial charge is 0.226 e. The van der Waals surface area contributed by atoms with Crippen LogP contribution in [0.15, 0.2) is 176 Å². The Kier molecular flexibility index (Phi) is 7.79. The first-order valence-electron chi connectivity index (χ1n) is 18.4. The highest BCUT2D eigenvalue weighted by molar-refractivity contribution is 7.26. The topological polar surface area (TPSA) is 64.5 Å². The Hall–Kier alpha value is -6.93. The van der Waals surface area contributed by atoms with Crippen LogP contribution >= 0.6 is 22.7 Å². The second-order valence-electron chi connectivity index (χ2n) is 13.6. The Morgan fingerprint density at radius 2 is 0.839 bits per heavy atom. The van der Waals surface area contributed by atoms with E-state index in [4.69, 9.17) is 24.9 Å². The molecule has 0 unspecified atom stereocenters. The summed E-state index contributed by atoms with van der Waals surface area (Å²) < 4.78 is 4.74. The molecule has 0 bridgehead atoms. The van der Waals surface area contributed by atoms with Crippen LogP contribution in [0.3, 0.4) is 0 Å². The van der Waals surface area contributed by atoms with Crippen LogP contribution in [0.25, 0.3) is 108 Å². The molecule has 7 aromatic carbocycles. The summed E-state index contributed by atoms with van der Waals surface area (Å²) in [5, 5.41) is 3.61. The van der Waals surface area contributed by atoms with Crippen LogP contribution in [0.4, 0.5) is 0 Å². The van der Waals surface area contributed by atoms with Gasteiger partial charge in [-0.3, -0.25) is 0 Å². The summed E-state index contributed by atoms with van der Waals surface area (Å²) in [4.78, 5) is 26.1. The molecule has 0 atom stereocenters. The van der Waals surface area contributed by atoms with Crippen molar-refractivity contribution in [3.63, 3.8) is 0 Å². The summed E-state index contributed by atoms with van der Waals surface area (Å²) in [6, 6.07) is 60.8. The maximum atomic E-state index is 5.33. The summed E-state index contributed by atoms with van der Waals surface area (Å²) in [5.41, 5.74) is 8.68. The van der Waals surface area contributed by atoms with Crippen LogP contribution in [0.2, 0.25) is 0 Å². The molecule has 0 amide bonds. The van der Waals surface area contributed by atoms with E-state index < -0.39 is 0 Å². The van der Waals surface area contributed by atoms with Gasteiger partial charge in [-0.05, 0) is 23.8 Å². The van der Waals surface area contributed by atoms with Crippen molar-refractivity contribution in [2.75, 3.05) is 0 Å². The van der Waals surface area contributed by atoms with Crippen molar-refractivity contribution in [1.29, 1.82) is 0 Å². The van der Waals surface area contributed by atoms with Gasteiger partial charge in [0.05, 0.1) is 15.9 Å². The summed E-state index contributed by atoms with van der Waals surface area (Å²) in [7, 11) is 0. The van der Waals surface area contributed by atoms with Gasteiger partial charge in [0.2, 0.25) is 0 Å². The number of benzene rings is 7. The lowest BCUT2D eigenvalue weighted by Gasteiger charge is -2.15. The van der Waals surface area contributed by atoms with Crippen LogP contribution in [0.5, 0.6) is 0 Å². The molecule has 5 nitrogen and oxygen atoms in total. The highest BCUT2D eigenvalue weighted by Gasteiger charge is 2.22. The molecule has 0 saturated heterocycles. The standard InChI is InChI=1S/C49H29N5S2/c1-4-15-30(16-5-1)42-45-43(38-22-11-13-26-41(38)56-45)51-48(50-42)33-27-28-34(36-23-14-24-37-35-21-10-12-25-40(35)55-44(36)37)39(29-33)49-53-46(31-17-6-2-7-18-31)52-47(54-49)32-19-8-3-9-20-32/h1-29H. The lowest BCUT2D eigenvalue weighted by molar-refractivity contribution is 1.07. The number of nitrogens with zero attached hydrogens (tertiary/aromatic N) is 5. The van der Waals surface area contributed by atoms with Gasteiger partial charge in [0, 0.05) is 63.6 Å². The molecular formula is C49H29N5S2. The molecule has 0 saturated carbocycles. The molecule has 56 heavy (non-hydrogen) atoms. The van der Waals surface area contributed by atoms with E-state index in [2.05, 4.69) is 109 Å².